The summed E-state index contributed by atoms with van der Waals surface area (Å²) in [6.45, 7) is 8.16. The quantitative estimate of drug-likeness (QED) is 0.397. The molecule has 4 N–H and O–H groups in total. The van der Waals surface area contributed by atoms with Crippen LogP contribution in [0.3, 0.4) is 0 Å². The van der Waals surface area contributed by atoms with Crippen molar-refractivity contribution in [3.63, 3.8) is 0 Å². The predicted octanol–water partition coefficient (Wildman–Crippen LogP) is 3.26. The van der Waals surface area contributed by atoms with Gasteiger partial charge >= 0.3 is 6.09 Å². The van der Waals surface area contributed by atoms with E-state index in [9.17, 15) is 24.6 Å². The number of carbonyl (C=O) groups is 3. The van der Waals surface area contributed by atoms with Crippen molar-refractivity contribution >= 4 is 17.9 Å². The summed E-state index contributed by atoms with van der Waals surface area (Å²) in [4.78, 5) is 40.9. The molecule has 2 rings (SSSR count). The summed E-state index contributed by atoms with van der Waals surface area (Å²) in [5, 5.41) is 25.8. The van der Waals surface area contributed by atoms with Gasteiger partial charge in [-0.3, -0.25) is 9.59 Å². The Kier molecular flexibility index (Phi) is 10.3. The molecule has 3 amide bonds. The molecule has 196 valence electrons. The summed E-state index contributed by atoms with van der Waals surface area (Å²) in [6.07, 6.45) is -0.390. The number of nitrogens with zero attached hydrogens (tertiary/aromatic N) is 1. The molecule has 2 aromatic rings. The lowest BCUT2D eigenvalue weighted by molar-refractivity contribution is -0.146. The third kappa shape index (κ3) is 7.98. The molecule has 0 saturated heterocycles. The van der Waals surface area contributed by atoms with Crippen molar-refractivity contribution in [1.82, 2.24) is 15.5 Å². The van der Waals surface area contributed by atoms with Crippen LogP contribution in [0.25, 0.3) is 0 Å². The summed E-state index contributed by atoms with van der Waals surface area (Å²) in [5.41, 5.74) is 0.285. The number of aliphatic hydroxyl groups excluding tert-OH is 1. The summed E-state index contributed by atoms with van der Waals surface area (Å²) in [5.74, 6) is -1.34. The highest BCUT2D eigenvalue weighted by Gasteiger charge is 2.39. The Bertz CT molecular complexity index is 1020. The molecule has 0 aromatic heterocycles. The minimum Gasteiger partial charge on any atom is -0.508 e. The fraction of sp³-hybridized carbons (Fsp3) is 0.444. The first-order valence-electron chi connectivity index (χ1n) is 12.0. The van der Waals surface area contributed by atoms with Gasteiger partial charge in [-0.1, -0.05) is 55.5 Å². The highest BCUT2D eigenvalue weighted by atomic mass is 16.6. The SMILES string of the molecule is CCC(C)N(C(=O)C(CO)NC(=O)OC(C)(C)C)C(C(=O)NCc1ccccc1)c1ccccc1O. The lowest BCUT2D eigenvalue weighted by Crippen LogP contribution is -2.56. The summed E-state index contributed by atoms with van der Waals surface area (Å²) in [6, 6.07) is 12.5. The number of aliphatic hydroxyl groups is 1. The first kappa shape index (κ1) is 28.6. The zero-order valence-electron chi connectivity index (χ0n) is 21.5. The van der Waals surface area contributed by atoms with Crippen LogP contribution in [0.15, 0.2) is 54.6 Å². The number of aromatic hydroxyl groups is 1. The Balaban J connectivity index is 2.44. The summed E-state index contributed by atoms with van der Waals surface area (Å²) in [7, 11) is 0. The van der Waals surface area contributed by atoms with E-state index in [1.165, 1.54) is 11.0 Å². The number of carbonyl (C=O) groups excluding carboxylic acids is 3. The molecule has 0 aliphatic rings. The van der Waals surface area contributed by atoms with E-state index >= 15 is 0 Å². The lowest BCUT2D eigenvalue weighted by atomic mass is 9.99. The third-order valence-electron chi connectivity index (χ3n) is 5.56. The van der Waals surface area contributed by atoms with Crippen LogP contribution < -0.4 is 10.6 Å². The molecule has 9 heteroatoms. The molecule has 0 heterocycles. The molecular formula is C27H37N3O6. The third-order valence-corrected chi connectivity index (χ3v) is 5.56. The molecular weight excluding hydrogens is 462 g/mol. The Morgan fingerprint density at radius 1 is 1.03 bits per heavy atom. The van der Waals surface area contributed by atoms with Crippen molar-refractivity contribution in [2.75, 3.05) is 6.61 Å². The Morgan fingerprint density at radius 3 is 2.19 bits per heavy atom. The zero-order chi connectivity index (χ0) is 26.9. The Labute approximate surface area is 212 Å². The van der Waals surface area contributed by atoms with Crippen molar-refractivity contribution in [2.45, 2.75) is 71.3 Å². The number of rotatable bonds is 10. The van der Waals surface area contributed by atoms with Crippen LogP contribution >= 0.6 is 0 Å². The zero-order valence-corrected chi connectivity index (χ0v) is 21.5. The number of benzene rings is 2. The van der Waals surface area contributed by atoms with Crippen LogP contribution in [-0.2, 0) is 20.9 Å². The molecule has 0 aliphatic heterocycles. The second-order valence-corrected chi connectivity index (χ2v) is 9.55. The first-order valence-corrected chi connectivity index (χ1v) is 12.0. The number of alkyl carbamates (subject to hydrolysis) is 1. The van der Waals surface area contributed by atoms with E-state index in [1.54, 1.807) is 45.9 Å². The van der Waals surface area contributed by atoms with E-state index in [2.05, 4.69) is 10.6 Å². The summed E-state index contributed by atoms with van der Waals surface area (Å²) < 4.78 is 5.23. The van der Waals surface area contributed by atoms with Crippen LogP contribution in [0, 0.1) is 0 Å². The van der Waals surface area contributed by atoms with Crippen molar-refractivity contribution < 1.29 is 29.3 Å². The molecule has 0 radical (unpaired) electrons. The average Bonchev–Trinajstić information content (AvgIpc) is 2.83. The van der Waals surface area contributed by atoms with Gasteiger partial charge in [-0.05, 0) is 45.7 Å². The number of hydrogen-bond acceptors (Lipinski definition) is 6. The van der Waals surface area contributed by atoms with Gasteiger partial charge < -0.3 is 30.5 Å². The standard InChI is InChI=1S/C27H37N3O6/c1-6-18(2)30(25(34)21(17-31)29-26(35)36-27(3,4)5)23(20-14-10-11-15-22(20)32)24(33)28-16-19-12-8-7-9-13-19/h7-15,18,21,23,31-32H,6,16-17H2,1-5H3,(H,28,33)(H,29,35). The van der Waals surface area contributed by atoms with Gasteiger partial charge in [-0.2, -0.15) is 0 Å². The highest BCUT2D eigenvalue weighted by molar-refractivity contribution is 5.92. The number of phenolic OH excluding ortho intramolecular Hbond substituents is 1. The normalized spacial score (nSPS) is 13.7. The van der Waals surface area contributed by atoms with Crippen LogP contribution in [-0.4, -0.2) is 57.3 Å². The van der Waals surface area contributed by atoms with Gasteiger partial charge in [0.15, 0.2) is 0 Å². The molecule has 0 bridgehead atoms. The monoisotopic (exact) mass is 499 g/mol. The van der Waals surface area contributed by atoms with E-state index in [4.69, 9.17) is 4.74 Å². The van der Waals surface area contributed by atoms with Crippen LogP contribution in [0.1, 0.15) is 58.2 Å². The van der Waals surface area contributed by atoms with Gasteiger partial charge in [0.2, 0.25) is 11.8 Å². The number of phenols is 1. The molecule has 3 atom stereocenters. The van der Waals surface area contributed by atoms with Crippen LogP contribution in [0.5, 0.6) is 5.75 Å². The van der Waals surface area contributed by atoms with Gasteiger partial charge in [0.05, 0.1) is 6.61 Å². The molecule has 0 saturated carbocycles. The van der Waals surface area contributed by atoms with Gasteiger partial charge in [-0.15, -0.1) is 0 Å². The number of hydrogen-bond donors (Lipinski definition) is 4. The Hall–Kier alpha value is -3.59. The first-order chi connectivity index (χ1) is 17.0. The van der Waals surface area contributed by atoms with E-state index < -0.39 is 48.2 Å². The molecule has 9 nitrogen and oxygen atoms in total. The minimum absolute atomic E-state index is 0.154. The number of nitrogens with one attached hydrogen (secondary N) is 2. The van der Waals surface area contributed by atoms with E-state index in [1.807, 2.05) is 37.3 Å². The van der Waals surface area contributed by atoms with Gasteiger partial charge in [0.1, 0.15) is 23.4 Å². The average molecular weight is 500 g/mol. The van der Waals surface area contributed by atoms with Crippen molar-refractivity contribution in [1.29, 1.82) is 0 Å². The minimum atomic E-state index is -1.36. The fourth-order valence-electron chi connectivity index (χ4n) is 3.63. The maximum atomic E-state index is 13.7. The molecule has 0 spiro atoms. The molecule has 0 fully saturated rings. The number of amides is 3. The molecule has 0 aliphatic carbocycles. The predicted molar refractivity (Wildman–Crippen MR) is 136 cm³/mol. The van der Waals surface area contributed by atoms with Crippen LogP contribution in [0.4, 0.5) is 4.79 Å². The van der Waals surface area contributed by atoms with E-state index in [0.29, 0.717) is 6.42 Å². The van der Waals surface area contributed by atoms with Crippen molar-refractivity contribution in [3.8, 4) is 5.75 Å². The molecule has 2 aromatic carbocycles. The van der Waals surface area contributed by atoms with Gasteiger partial charge in [0, 0.05) is 18.2 Å². The van der Waals surface area contributed by atoms with Crippen LogP contribution in [0.2, 0.25) is 0 Å². The summed E-state index contributed by atoms with van der Waals surface area (Å²) >= 11 is 0. The second-order valence-electron chi connectivity index (χ2n) is 9.55. The highest BCUT2D eigenvalue weighted by Crippen LogP contribution is 2.32. The number of ether oxygens (including phenoxy) is 1. The van der Waals surface area contributed by atoms with Crippen molar-refractivity contribution in [2.24, 2.45) is 0 Å². The van der Waals surface area contributed by atoms with E-state index in [0.717, 1.165) is 5.56 Å². The van der Waals surface area contributed by atoms with Crippen molar-refractivity contribution in [3.05, 3.63) is 65.7 Å². The van der Waals surface area contributed by atoms with E-state index in [-0.39, 0.29) is 17.9 Å². The second kappa shape index (κ2) is 12.9. The number of para-hydroxylation sites is 1. The molecule has 3 unspecified atom stereocenters. The largest absolute Gasteiger partial charge is 0.508 e. The maximum absolute atomic E-state index is 13.7. The lowest BCUT2D eigenvalue weighted by Gasteiger charge is -2.38. The fourth-order valence-corrected chi connectivity index (χ4v) is 3.63. The topological polar surface area (TPSA) is 128 Å². The molecule has 36 heavy (non-hydrogen) atoms. The Morgan fingerprint density at radius 2 is 1.64 bits per heavy atom. The maximum Gasteiger partial charge on any atom is 0.408 e. The van der Waals surface area contributed by atoms with Gasteiger partial charge in [0.25, 0.3) is 0 Å². The van der Waals surface area contributed by atoms with Gasteiger partial charge in [-0.25, -0.2) is 4.79 Å². The smallest absolute Gasteiger partial charge is 0.408 e.